The number of carbonyl (C=O) groups excluding carboxylic acids is 2. The average Bonchev–Trinajstić information content (AvgIpc) is 2.62. The highest BCUT2D eigenvalue weighted by Gasteiger charge is 2.19. The summed E-state index contributed by atoms with van der Waals surface area (Å²) in [5.74, 6) is -0.0715. The number of thiophene rings is 1. The van der Waals surface area contributed by atoms with Crippen LogP contribution in [0.25, 0.3) is 0 Å². The van der Waals surface area contributed by atoms with Crippen molar-refractivity contribution in [2.75, 3.05) is 5.32 Å². The van der Waals surface area contributed by atoms with Crippen molar-refractivity contribution in [1.29, 1.82) is 0 Å². The molecule has 1 N–H and O–H groups in total. The third-order valence-electron chi connectivity index (χ3n) is 2.69. The van der Waals surface area contributed by atoms with Crippen LogP contribution in [0.15, 0.2) is 17.4 Å². The maximum Gasteiger partial charge on any atom is 0.212 e. The second-order valence-corrected chi connectivity index (χ2v) is 5.21. The highest BCUT2D eigenvalue weighted by atomic mass is 32.1. The zero-order chi connectivity index (χ0) is 14.6. The molecule has 102 valence electrons. The van der Waals surface area contributed by atoms with Gasteiger partial charge < -0.3 is 5.32 Å². The van der Waals surface area contributed by atoms with Crippen LogP contribution < -0.4 is 5.32 Å². The Morgan fingerprint density at radius 3 is 2.58 bits per heavy atom. The molecule has 0 spiro atoms. The van der Waals surface area contributed by atoms with Gasteiger partial charge in [0.25, 0.3) is 0 Å². The largest absolute Gasteiger partial charge is 0.320 e. The molecule has 19 heavy (non-hydrogen) atoms. The van der Waals surface area contributed by atoms with Gasteiger partial charge in [-0.1, -0.05) is 6.58 Å². The van der Waals surface area contributed by atoms with Crippen molar-refractivity contribution in [3.8, 4) is 0 Å². The standard InChI is InChI=1S/C13H17N3O2S/c1-8(2)16(14-5)6-11-9(3)12(10(4)18)13(19-11)15-7-17/h7H,1,5-6H2,2-4H3,(H,15,17). The summed E-state index contributed by atoms with van der Waals surface area (Å²) >= 11 is 1.37. The van der Waals surface area contributed by atoms with E-state index in [1.165, 1.54) is 18.3 Å². The van der Waals surface area contributed by atoms with E-state index < -0.39 is 0 Å². The molecule has 5 nitrogen and oxygen atoms in total. The lowest BCUT2D eigenvalue weighted by Gasteiger charge is -2.17. The number of ketones is 1. The monoisotopic (exact) mass is 279 g/mol. The van der Waals surface area contributed by atoms with Crippen LogP contribution in [0.5, 0.6) is 0 Å². The van der Waals surface area contributed by atoms with E-state index in [0.29, 0.717) is 23.5 Å². The van der Waals surface area contributed by atoms with Crippen molar-refractivity contribution in [2.24, 2.45) is 5.10 Å². The molecule has 0 radical (unpaired) electrons. The lowest BCUT2D eigenvalue weighted by atomic mass is 10.1. The fraction of sp³-hybridized carbons (Fsp3) is 0.308. The van der Waals surface area contributed by atoms with Crippen molar-refractivity contribution >= 4 is 35.2 Å². The van der Waals surface area contributed by atoms with Crippen LogP contribution in [0.2, 0.25) is 0 Å². The van der Waals surface area contributed by atoms with Crippen molar-refractivity contribution in [2.45, 2.75) is 27.3 Å². The van der Waals surface area contributed by atoms with Crippen molar-refractivity contribution in [1.82, 2.24) is 5.01 Å². The highest BCUT2D eigenvalue weighted by molar-refractivity contribution is 7.16. The number of amides is 1. The van der Waals surface area contributed by atoms with Gasteiger partial charge in [-0.3, -0.25) is 14.6 Å². The van der Waals surface area contributed by atoms with E-state index >= 15 is 0 Å². The van der Waals surface area contributed by atoms with Crippen LogP contribution in [0.1, 0.15) is 34.6 Å². The summed E-state index contributed by atoms with van der Waals surface area (Å²) in [6.07, 6.45) is 0.573. The van der Waals surface area contributed by atoms with Gasteiger partial charge in [0.2, 0.25) is 6.41 Å². The predicted octanol–water partition coefficient (Wildman–Crippen LogP) is 2.78. The number of allylic oxidation sites excluding steroid dienone is 1. The second kappa shape index (κ2) is 6.29. The van der Waals surface area contributed by atoms with E-state index in [4.69, 9.17) is 0 Å². The van der Waals surface area contributed by atoms with E-state index in [0.717, 1.165) is 16.1 Å². The molecule has 0 fully saturated rings. The first-order valence-corrected chi connectivity index (χ1v) is 6.47. The van der Waals surface area contributed by atoms with E-state index in [-0.39, 0.29) is 5.78 Å². The number of Topliss-reactive ketones (excluding diaryl/α,β-unsaturated/α-hetero) is 1. The molecule has 0 aromatic carbocycles. The topological polar surface area (TPSA) is 61.8 Å². The summed E-state index contributed by atoms with van der Waals surface area (Å²) in [5.41, 5.74) is 2.17. The molecule has 0 aliphatic rings. The van der Waals surface area contributed by atoms with Crippen molar-refractivity contribution in [3.63, 3.8) is 0 Å². The Labute approximate surface area is 116 Å². The quantitative estimate of drug-likeness (QED) is 0.361. The van der Waals surface area contributed by atoms with Crippen LogP contribution in [0, 0.1) is 6.92 Å². The van der Waals surface area contributed by atoms with Crippen LogP contribution in [0.3, 0.4) is 0 Å². The van der Waals surface area contributed by atoms with Crippen LogP contribution in [0.4, 0.5) is 5.00 Å². The second-order valence-electron chi connectivity index (χ2n) is 4.11. The van der Waals surface area contributed by atoms with Gasteiger partial charge >= 0.3 is 0 Å². The molecule has 1 rings (SSSR count). The molecule has 0 saturated heterocycles. The van der Waals surface area contributed by atoms with Gasteiger partial charge in [-0.05, 0) is 26.3 Å². The number of carbonyl (C=O) groups is 2. The first-order valence-electron chi connectivity index (χ1n) is 5.65. The molecular formula is C13H17N3O2S. The first-order chi connectivity index (χ1) is 8.92. The smallest absolute Gasteiger partial charge is 0.212 e. The maximum absolute atomic E-state index is 11.6. The summed E-state index contributed by atoms with van der Waals surface area (Å²) in [6.45, 7) is 13.0. The number of hydrogen-bond acceptors (Lipinski definition) is 5. The lowest BCUT2D eigenvalue weighted by Crippen LogP contribution is -2.13. The number of rotatable bonds is 7. The average molecular weight is 279 g/mol. The Kier molecular flexibility index (Phi) is 5.00. The third-order valence-corrected chi connectivity index (χ3v) is 3.90. The van der Waals surface area contributed by atoms with Gasteiger partial charge in [-0.15, -0.1) is 11.3 Å². The molecule has 0 aliphatic heterocycles. The van der Waals surface area contributed by atoms with Gasteiger partial charge in [0.1, 0.15) is 5.00 Å². The van der Waals surface area contributed by atoms with Crippen LogP contribution in [-0.2, 0) is 11.3 Å². The van der Waals surface area contributed by atoms with Gasteiger partial charge in [0.05, 0.1) is 12.1 Å². The Morgan fingerprint density at radius 2 is 2.16 bits per heavy atom. The minimum absolute atomic E-state index is 0.0715. The molecule has 1 aromatic rings. The van der Waals surface area contributed by atoms with Gasteiger partial charge in [0.15, 0.2) is 5.78 Å². The van der Waals surface area contributed by atoms with Gasteiger partial charge in [0, 0.05) is 17.3 Å². The molecule has 0 aliphatic carbocycles. The zero-order valence-corrected chi connectivity index (χ0v) is 12.1. The SMILES string of the molecule is C=NN(Cc1sc(NC=O)c(C(C)=O)c1C)C(=C)C. The minimum Gasteiger partial charge on any atom is -0.320 e. The minimum atomic E-state index is -0.0715. The first kappa shape index (κ1) is 15.1. The molecule has 0 bridgehead atoms. The van der Waals surface area contributed by atoms with Crippen molar-refractivity contribution in [3.05, 3.63) is 28.3 Å². The number of hydrogen-bond donors (Lipinski definition) is 1. The van der Waals surface area contributed by atoms with Gasteiger partial charge in [-0.2, -0.15) is 5.10 Å². The predicted molar refractivity (Wildman–Crippen MR) is 78.7 cm³/mol. The molecule has 0 unspecified atom stereocenters. The number of anilines is 1. The Hall–Kier alpha value is -1.95. The number of nitrogens with one attached hydrogen (secondary N) is 1. The van der Waals surface area contributed by atoms with E-state index in [1.54, 1.807) is 5.01 Å². The molecule has 0 saturated carbocycles. The molecular weight excluding hydrogens is 262 g/mol. The molecule has 1 amide bonds. The number of hydrazone groups is 1. The van der Waals surface area contributed by atoms with E-state index in [9.17, 15) is 9.59 Å². The Balaban J connectivity index is 3.18. The molecule has 1 heterocycles. The van der Waals surface area contributed by atoms with Gasteiger partial charge in [-0.25, -0.2) is 0 Å². The third kappa shape index (κ3) is 3.29. The Morgan fingerprint density at radius 1 is 1.53 bits per heavy atom. The summed E-state index contributed by atoms with van der Waals surface area (Å²) in [7, 11) is 0. The zero-order valence-electron chi connectivity index (χ0n) is 11.3. The summed E-state index contributed by atoms with van der Waals surface area (Å²) in [6, 6.07) is 0. The highest BCUT2D eigenvalue weighted by Crippen LogP contribution is 2.34. The van der Waals surface area contributed by atoms with E-state index in [1.807, 2.05) is 13.8 Å². The fourth-order valence-corrected chi connectivity index (χ4v) is 2.93. The summed E-state index contributed by atoms with van der Waals surface area (Å²) in [4.78, 5) is 23.2. The number of nitrogens with zero attached hydrogens (tertiary/aromatic N) is 2. The van der Waals surface area contributed by atoms with Crippen LogP contribution in [-0.4, -0.2) is 23.9 Å². The van der Waals surface area contributed by atoms with Crippen molar-refractivity contribution < 1.29 is 9.59 Å². The molecule has 0 atom stereocenters. The molecule has 6 heteroatoms. The maximum atomic E-state index is 11.6. The summed E-state index contributed by atoms with van der Waals surface area (Å²) < 4.78 is 0. The summed E-state index contributed by atoms with van der Waals surface area (Å²) in [5, 5.41) is 8.65. The normalized spacial score (nSPS) is 9.84. The fourth-order valence-electron chi connectivity index (χ4n) is 1.73. The molecule has 1 aromatic heterocycles. The van der Waals surface area contributed by atoms with Crippen LogP contribution >= 0.6 is 11.3 Å². The lowest BCUT2D eigenvalue weighted by molar-refractivity contribution is -0.105. The Bertz CT molecular complexity index is 534. The van der Waals surface area contributed by atoms with E-state index in [2.05, 4.69) is 23.7 Å².